The van der Waals surface area contributed by atoms with Gasteiger partial charge >= 0.3 is 0 Å². The number of hydrogen-bond donors (Lipinski definition) is 0. The Morgan fingerprint density at radius 2 is 1.64 bits per heavy atom. The first-order valence-corrected chi connectivity index (χ1v) is 8.61. The highest BCUT2D eigenvalue weighted by molar-refractivity contribution is 9.10. The van der Waals surface area contributed by atoms with Crippen LogP contribution in [-0.2, 0) is 17.8 Å². The van der Waals surface area contributed by atoms with Crippen molar-refractivity contribution in [3.63, 3.8) is 0 Å². The molecular weight excluding hydrogens is 362 g/mol. The number of benzene rings is 2. The molecule has 5 heteroatoms. The van der Waals surface area contributed by atoms with Crippen LogP contribution in [-0.4, -0.2) is 21.3 Å². The topological polar surface area (TPSA) is 37.4 Å². The van der Waals surface area contributed by atoms with E-state index in [1.165, 1.54) is 4.90 Å². The third-order valence-electron chi connectivity index (χ3n) is 3.52. The van der Waals surface area contributed by atoms with E-state index in [9.17, 15) is 9.59 Å². The van der Waals surface area contributed by atoms with Gasteiger partial charge in [0, 0.05) is 4.47 Å². The fraction of sp³-hybridized carbons (Fsp3) is 0.176. The standard InChI is InChI=1S/C17H14BrNO2S/c18-14-8-6-13(7-9-14)11-19-16(20)15(22-17(19)21)10-12-4-2-1-3-5-12/h1-9,15H,10-11H2/t15-/m1/s1. The molecule has 1 atom stereocenters. The lowest BCUT2D eigenvalue weighted by Gasteiger charge is -2.14. The van der Waals surface area contributed by atoms with Gasteiger partial charge in [0.05, 0.1) is 11.8 Å². The summed E-state index contributed by atoms with van der Waals surface area (Å²) in [5.41, 5.74) is 2.03. The van der Waals surface area contributed by atoms with E-state index < -0.39 is 0 Å². The van der Waals surface area contributed by atoms with E-state index in [2.05, 4.69) is 15.9 Å². The molecule has 0 unspecified atom stereocenters. The SMILES string of the molecule is O=C1S[C@H](Cc2ccccc2)C(=O)N1Cc1ccc(Br)cc1. The summed E-state index contributed by atoms with van der Waals surface area (Å²) >= 11 is 4.50. The summed E-state index contributed by atoms with van der Waals surface area (Å²) in [6.45, 7) is 0.337. The molecule has 22 heavy (non-hydrogen) atoms. The van der Waals surface area contributed by atoms with Gasteiger partial charge in [-0.3, -0.25) is 14.5 Å². The third kappa shape index (κ3) is 3.42. The lowest BCUT2D eigenvalue weighted by atomic mass is 10.1. The van der Waals surface area contributed by atoms with Crippen molar-refractivity contribution < 1.29 is 9.59 Å². The van der Waals surface area contributed by atoms with E-state index in [4.69, 9.17) is 0 Å². The summed E-state index contributed by atoms with van der Waals surface area (Å²) in [6.07, 6.45) is 0.590. The molecule has 0 bridgehead atoms. The lowest BCUT2D eigenvalue weighted by Crippen LogP contribution is -2.31. The van der Waals surface area contributed by atoms with E-state index in [0.717, 1.165) is 27.4 Å². The Morgan fingerprint density at radius 1 is 0.955 bits per heavy atom. The van der Waals surface area contributed by atoms with E-state index in [1.54, 1.807) is 0 Å². The van der Waals surface area contributed by atoms with Gasteiger partial charge in [-0.2, -0.15) is 0 Å². The predicted octanol–water partition coefficient (Wildman–Crippen LogP) is 4.26. The van der Waals surface area contributed by atoms with Crippen molar-refractivity contribution in [3.05, 3.63) is 70.2 Å². The second-order valence-electron chi connectivity index (χ2n) is 5.11. The number of amides is 2. The first-order chi connectivity index (χ1) is 10.6. The summed E-state index contributed by atoms with van der Waals surface area (Å²) in [6, 6.07) is 17.5. The minimum absolute atomic E-state index is 0.0956. The highest BCUT2D eigenvalue weighted by atomic mass is 79.9. The zero-order valence-electron chi connectivity index (χ0n) is 11.7. The second-order valence-corrected chi connectivity index (χ2v) is 7.18. The number of hydrogen-bond acceptors (Lipinski definition) is 3. The van der Waals surface area contributed by atoms with Gasteiger partial charge < -0.3 is 0 Å². The number of rotatable bonds is 4. The molecule has 1 aliphatic rings. The second kappa shape index (κ2) is 6.67. The average Bonchev–Trinajstić information content (AvgIpc) is 2.78. The van der Waals surface area contributed by atoms with Crippen molar-refractivity contribution in [2.24, 2.45) is 0 Å². The summed E-state index contributed by atoms with van der Waals surface area (Å²) < 4.78 is 0.978. The smallest absolute Gasteiger partial charge is 0.273 e. The van der Waals surface area contributed by atoms with Crippen molar-refractivity contribution >= 4 is 38.8 Å². The molecule has 0 radical (unpaired) electrons. The molecule has 3 rings (SSSR count). The fourth-order valence-corrected chi connectivity index (χ4v) is 3.66. The normalized spacial score (nSPS) is 18.0. The van der Waals surface area contributed by atoms with Crippen molar-refractivity contribution in [1.29, 1.82) is 0 Å². The summed E-state index contributed by atoms with van der Waals surface area (Å²) in [4.78, 5) is 25.9. The fourth-order valence-electron chi connectivity index (χ4n) is 2.37. The molecule has 0 saturated carbocycles. The number of imide groups is 1. The predicted molar refractivity (Wildman–Crippen MR) is 91.6 cm³/mol. The van der Waals surface area contributed by atoms with Crippen LogP contribution in [0.15, 0.2) is 59.1 Å². The Kier molecular flexibility index (Phi) is 4.64. The Balaban J connectivity index is 1.70. The number of carbonyl (C=O) groups excluding carboxylic acids is 2. The number of halogens is 1. The largest absolute Gasteiger partial charge is 0.289 e. The van der Waals surface area contributed by atoms with Gasteiger partial charge in [-0.25, -0.2) is 0 Å². The van der Waals surface area contributed by atoms with Crippen LogP contribution in [0.25, 0.3) is 0 Å². The van der Waals surface area contributed by atoms with Crippen LogP contribution in [0.2, 0.25) is 0 Å². The molecule has 0 N–H and O–H groups in total. The molecule has 1 saturated heterocycles. The molecule has 1 fully saturated rings. The minimum atomic E-state index is -0.314. The van der Waals surface area contributed by atoms with Crippen molar-refractivity contribution in [3.8, 4) is 0 Å². The van der Waals surface area contributed by atoms with E-state index >= 15 is 0 Å². The Hall–Kier alpha value is -1.59. The molecule has 112 valence electrons. The average molecular weight is 376 g/mol. The molecule has 1 aliphatic heterocycles. The van der Waals surface area contributed by atoms with Gasteiger partial charge in [0.2, 0.25) is 5.91 Å². The zero-order chi connectivity index (χ0) is 15.5. The van der Waals surface area contributed by atoms with Gasteiger partial charge in [-0.1, -0.05) is 70.2 Å². The van der Waals surface area contributed by atoms with E-state index in [0.29, 0.717) is 13.0 Å². The first kappa shape index (κ1) is 15.3. The lowest BCUT2D eigenvalue weighted by molar-refractivity contribution is -0.127. The monoisotopic (exact) mass is 375 g/mol. The molecule has 1 heterocycles. The van der Waals surface area contributed by atoms with Crippen LogP contribution >= 0.6 is 27.7 Å². The van der Waals surface area contributed by atoms with Crippen LogP contribution < -0.4 is 0 Å². The number of thioether (sulfide) groups is 1. The molecule has 3 nitrogen and oxygen atoms in total. The highest BCUT2D eigenvalue weighted by Gasteiger charge is 2.39. The Bertz CT molecular complexity index is 688. The van der Waals surface area contributed by atoms with Crippen LogP contribution in [0.3, 0.4) is 0 Å². The molecule has 0 aromatic heterocycles. The molecule has 2 aromatic carbocycles. The summed E-state index contributed by atoms with van der Waals surface area (Å²) in [7, 11) is 0. The van der Waals surface area contributed by atoms with Crippen molar-refractivity contribution in [2.45, 2.75) is 18.2 Å². The number of nitrogens with zero attached hydrogens (tertiary/aromatic N) is 1. The number of carbonyl (C=O) groups is 2. The quantitative estimate of drug-likeness (QED) is 0.801. The molecule has 0 spiro atoms. The minimum Gasteiger partial charge on any atom is -0.273 e. The van der Waals surface area contributed by atoms with E-state index in [-0.39, 0.29) is 16.4 Å². The highest BCUT2D eigenvalue weighted by Crippen LogP contribution is 2.30. The maximum Gasteiger partial charge on any atom is 0.289 e. The van der Waals surface area contributed by atoms with Gasteiger partial charge in [-0.05, 0) is 29.7 Å². The van der Waals surface area contributed by atoms with Crippen molar-refractivity contribution in [2.75, 3.05) is 0 Å². The zero-order valence-corrected chi connectivity index (χ0v) is 14.1. The van der Waals surface area contributed by atoms with Gasteiger partial charge in [0.25, 0.3) is 5.24 Å². The Labute approximate surface area is 141 Å². The van der Waals surface area contributed by atoms with Crippen LogP contribution in [0.4, 0.5) is 4.79 Å². The molecule has 2 aromatic rings. The van der Waals surface area contributed by atoms with Gasteiger partial charge in [-0.15, -0.1) is 0 Å². The summed E-state index contributed by atoms with van der Waals surface area (Å²) in [5.74, 6) is -0.0956. The van der Waals surface area contributed by atoms with Gasteiger partial charge in [0.15, 0.2) is 0 Å². The molecular formula is C17H14BrNO2S. The van der Waals surface area contributed by atoms with Gasteiger partial charge in [0.1, 0.15) is 0 Å². The Morgan fingerprint density at radius 3 is 2.32 bits per heavy atom. The van der Waals surface area contributed by atoms with Crippen LogP contribution in [0.1, 0.15) is 11.1 Å². The molecule has 0 aliphatic carbocycles. The maximum absolute atomic E-state index is 12.5. The van der Waals surface area contributed by atoms with Crippen molar-refractivity contribution in [1.82, 2.24) is 4.90 Å². The summed E-state index contributed by atoms with van der Waals surface area (Å²) in [5, 5.41) is -0.473. The third-order valence-corrected chi connectivity index (χ3v) is 5.13. The molecule has 2 amide bonds. The maximum atomic E-state index is 12.5. The van der Waals surface area contributed by atoms with Crippen LogP contribution in [0, 0.1) is 0 Å². The van der Waals surface area contributed by atoms with Crippen LogP contribution in [0.5, 0.6) is 0 Å². The van der Waals surface area contributed by atoms with E-state index in [1.807, 2.05) is 54.6 Å². The first-order valence-electron chi connectivity index (χ1n) is 6.94.